The SMILES string of the molecule is COC(=O)c1ccc(C)c(NC(=O)CNc2ccccc2Cl)c1. The molecule has 0 unspecified atom stereocenters. The van der Waals surface area contributed by atoms with Gasteiger partial charge in [-0.25, -0.2) is 4.79 Å². The average Bonchev–Trinajstić information content (AvgIpc) is 2.55. The fourth-order valence-corrected chi connectivity index (χ4v) is 2.18. The van der Waals surface area contributed by atoms with Crippen LogP contribution in [0, 0.1) is 6.92 Å². The van der Waals surface area contributed by atoms with Gasteiger partial charge in [0, 0.05) is 5.69 Å². The summed E-state index contributed by atoms with van der Waals surface area (Å²) in [5.74, 6) is -0.690. The van der Waals surface area contributed by atoms with Crippen LogP contribution in [0.2, 0.25) is 5.02 Å². The molecule has 6 heteroatoms. The van der Waals surface area contributed by atoms with Crippen molar-refractivity contribution in [1.82, 2.24) is 0 Å². The normalized spacial score (nSPS) is 10.0. The molecule has 0 radical (unpaired) electrons. The van der Waals surface area contributed by atoms with Crippen LogP contribution in [0.1, 0.15) is 15.9 Å². The molecule has 0 aliphatic carbocycles. The number of esters is 1. The minimum atomic E-state index is -0.449. The number of hydrogen-bond acceptors (Lipinski definition) is 4. The van der Waals surface area contributed by atoms with Gasteiger partial charge in [-0.2, -0.15) is 0 Å². The van der Waals surface area contributed by atoms with Gasteiger partial charge in [0.05, 0.1) is 29.9 Å². The van der Waals surface area contributed by atoms with Crippen LogP contribution in [0.3, 0.4) is 0 Å². The predicted molar refractivity (Wildman–Crippen MR) is 91.1 cm³/mol. The molecule has 2 N–H and O–H groups in total. The molecule has 0 fully saturated rings. The zero-order valence-corrected chi connectivity index (χ0v) is 13.6. The van der Waals surface area contributed by atoms with Crippen molar-refractivity contribution < 1.29 is 14.3 Å². The number of benzene rings is 2. The van der Waals surface area contributed by atoms with Crippen molar-refractivity contribution in [3.05, 3.63) is 58.6 Å². The number of carbonyl (C=O) groups excluding carboxylic acids is 2. The highest BCUT2D eigenvalue weighted by molar-refractivity contribution is 6.33. The highest BCUT2D eigenvalue weighted by atomic mass is 35.5. The van der Waals surface area contributed by atoms with Gasteiger partial charge in [-0.05, 0) is 36.8 Å². The maximum atomic E-state index is 12.1. The number of rotatable bonds is 5. The number of anilines is 2. The summed E-state index contributed by atoms with van der Waals surface area (Å²) in [6.45, 7) is 1.91. The van der Waals surface area contributed by atoms with Crippen LogP contribution in [-0.2, 0) is 9.53 Å². The van der Waals surface area contributed by atoms with Crippen molar-refractivity contribution >= 4 is 34.9 Å². The number of amides is 1. The van der Waals surface area contributed by atoms with Gasteiger partial charge in [-0.3, -0.25) is 4.79 Å². The van der Waals surface area contributed by atoms with Crippen molar-refractivity contribution in [2.45, 2.75) is 6.92 Å². The Balaban J connectivity index is 2.02. The molecular weight excluding hydrogens is 316 g/mol. The third kappa shape index (κ3) is 4.47. The van der Waals surface area contributed by atoms with Gasteiger partial charge >= 0.3 is 5.97 Å². The molecule has 120 valence electrons. The lowest BCUT2D eigenvalue weighted by atomic mass is 10.1. The van der Waals surface area contributed by atoms with Crippen LogP contribution < -0.4 is 10.6 Å². The van der Waals surface area contributed by atoms with Crippen LogP contribution in [0.25, 0.3) is 0 Å². The smallest absolute Gasteiger partial charge is 0.337 e. The molecular formula is C17H17ClN2O3. The van der Waals surface area contributed by atoms with Crippen LogP contribution in [0.15, 0.2) is 42.5 Å². The zero-order valence-electron chi connectivity index (χ0n) is 12.9. The van der Waals surface area contributed by atoms with E-state index in [-0.39, 0.29) is 12.5 Å². The minimum Gasteiger partial charge on any atom is -0.465 e. The lowest BCUT2D eigenvalue weighted by Gasteiger charge is -2.11. The molecule has 0 aromatic heterocycles. The fraction of sp³-hybridized carbons (Fsp3) is 0.176. The van der Waals surface area contributed by atoms with E-state index in [1.54, 1.807) is 30.3 Å². The topological polar surface area (TPSA) is 67.4 Å². The van der Waals surface area contributed by atoms with Crippen molar-refractivity contribution in [1.29, 1.82) is 0 Å². The highest BCUT2D eigenvalue weighted by Crippen LogP contribution is 2.20. The Morgan fingerprint density at radius 2 is 1.87 bits per heavy atom. The zero-order chi connectivity index (χ0) is 16.8. The minimum absolute atomic E-state index is 0.0611. The van der Waals surface area contributed by atoms with Gasteiger partial charge in [-0.15, -0.1) is 0 Å². The first-order valence-corrected chi connectivity index (χ1v) is 7.36. The summed E-state index contributed by atoms with van der Waals surface area (Å²) < 4.78 is 4.68. The Hall–Kier alpha value is -2.53. The summed E-state index contributed by atoms with van der Waals surface area (Å²) in [5.41, 5.74) is 2.49. The Bertz CT molecular complexity index is 732. The lowest BCUT2D eigenvalue weighted by molar-refractivity contribution is -0.114. The van der Waals surface area contributed by atoms with Crippen molar-refractivity contribution in [2.75, 3.05) is 24.3 Å². The Morgan fingerprint density at radius 1 is 1.13 bits per heavy atom. The molecule has 1 amide bonds. The van der Waals surface area contributed by atoms with Crippen molar-refractivity contribution in [3.63, 3.8) is 0 Å². The summed E-state index contributed by atoms with van der Waals surface area (Å²) in [6.07, 6.45) is 0. The van der Waals surface area contributed by atoms with E-state index in [2.05, 4.69) is 15.4 Å². The summed E-state index contributed by atoms with van der Waals surface area (Å²) in [7, 11) is 1.31. The van der Waals surface area contributed by atoms with Gasteiger partial charge in [-0.1, -0.05) is 29.8 Å². The van der Waals surface area contributed by atoms with Crippen LogP contribution in [0.5, 0.6) is 0 Å². The standard InChI is InChI=1S/C17H17ClN2O3/c1-11-7-8-12(17(22)23-2)9-15(11)20-16(21)10-19-14-6-4-3-5-13(14)18/h3-9,19H,10H2,1-2H3,(H,20,21). The van der Waals surface area contributed by atoms with Gasteiger partial charge in [0.15, 0.2) is 0 Å². The third-order valence-corrected chi connectivity index (χ3v) is 3.58. The number of hydrogen-bond donors (Lipinski definition) is 2. The summed E-state index contributed by atoms with van der Waals surface area (Å²) >= 11 is 6.02. The first-order valence-electron chi connectivity index (χ1n) is 6.98. The second kappa shape index (κ2) is 7.65. The van der Waals surface area contributed by atoms with E-state index in [0.29, 0.717) is 22.0 Å². The largest absolute Gasteiger partial charge is 0.465 e. The molecule has 23 heavy (non-hydrogen) atoms. The first-order chi connectivity index (χ1) is 11.0. The van der Waals surface area contributed by atoms with E-state index >= 15 is 0 Å². The van der Waals surface area contributed by atoms with E-state index in [4.69, 9.17) is 11.6 Å². The predicted octanol–water partition coefficient (Wildman–Crippen LogP) is 3.49. The lowest BCUT2D eigenvalue weighted by Crippen LogP contribution is -2.22. The highest BCUT2D eigenvalue weighted by Gasteiger charge is 2.10. The number of methoxy groups -OCH3 is 1. The van der Waals surface area contributed by atoms with Crippen molar-refractivity contribution in [3.8, 4) is 0 Å². The number of carbonyl (C=O) groups is 2. The van der Waals surface area contributed by atoms with E-state index in [9.17, 15) is 9.59 Å². The summed E-state index contributed by atoms with van der Waals surface area (Å²) in [4.78, 5) is 23.6. The number of halogens is 1. The third-order valence-electron chi connectivity index (χ3n) is 3.25. The molecule has 2 aromatic carbocycles. The Morgan fingerprint density at radius 3 is 2.57 bits per heavy atom. The molecule has 0 atom stereocenters. The molecule has 2 rings (SSSR count). The second-order valence-corrected chi connectivity index (χ2v) is 5.31. The molecule has 0 heterocycles. The van der Waals surface area contributed by atoms with Gasteiger partial charge in [0.2, 0.25) is 5.91 Å². The molecule has 0 spiro atoms. The van der Waals surface area contributed by atoms with E-state index in [1.807, 2.05) is 19.1 Å². The van der Waals surface area contributed by atoms with Gasteiger partial charge in [0.25, 0.3) is 0 Å². The molecule has 0 bridgehead atoms. The Labute approximate surface area is 139 Å². The van der Waals surface area contributed by atoms with Crippen LogP contribution >= 0.6 is 11.6 Å². The molecule has 0 aliphatic rings. The van der Waals surface area contributed by atoms with Crippen molar-refractivity contribution in [2.24, 2.45) is 0 Å². The van der Waals surface area contributed by atoms with E-state index in [0.717, 1.165) is 5.56 Å². The Kier molecular flexibility index (Phi) is 5.60. The number of para-hydroxylation sites is 1. The maximum absolute atomic E-state index is 12.1. The number of nitrogens with one attached hydrogen (secondary N) is 2. The van der Waals surface area contributed by atoms with E-state index < -0.39 is 5.97 Å². The molecule has 0 saturated heterocycles. The average molecular weight is 333 g/mol. The van der Waals surface area contributed by atoms with Gasteiger partial charge in [0.1, 0.15) is 0 Å². The maximum Gasteiger partial charge on any atom is 0.337 e. The summed E-state index contributed by atoms with van der Waals surface area (Å²) in [6, 6.07) is 12.2. The van der Waals surface area contributed by atoms with Crippen LogP contribution in [-0.4, -0.2) is 25.5 Å². The molecule has 0 aliphatic heterocycles. The summed E-state index contributed by atoms with van der Waals surface area (Å²) in [5, 5.41) is 6.28. The fourth-order valence-electron chi connectivity index (χ4n) is 1.98. The molecule has 5 nitrogen and oxygen atoms in total. The quantitative estimate of drug-likeness (QED) is 0.822. The van der Waals surface area contributed by atoms with E-state index in [1.165, 1.54) is 7.11 Å². The van der Waals surface area contributed by atoms with Gasteiger partial charge < -0.3 is 15.4 Å². The molecule has 2 aromatic rings. The number of ether oxygens (including phenoxy) is 1. The monoisotopic (exact) mass is 332 g/mol. The molecule has 0 saturated carbocycles. The first kappa shape index (κ1) is 16.8. The van der Waals surface area contributed by atoms with Crippen LogP contribution in [0.4, 0.5) is 11.4 Å². The number of aryl methyl sites for hydroxylation is 1. The second-order valence-electron chi connectivity index (χ2n) is 4.90.